The monoisotopic (exact) mass is 330 g/mol. The first kappa shape index (κ1) is 16.4. The number of thiazole rings is 1. The predicted molar refractivity (Wildman–Crippen MR) is 76.0 cm³/mol. The van der Waals surface area contributed by atoms with Gasteiger partial charge in [0.1, 0.15) is 5.01 Å². The second-order valence-electron chi connectivity index (χ2n) is 4.35. The Bertz CT molecular complexity index is 638. The largest absolute Gasteiger partial charge is 0.416 e. The molecule has 0 aliphatic carbocycles. The summed E-state index contributed by atoms with van der Waals surface area (Å²) in [5.74, 6) is -0.328. The lowest BCUT2D eigenvalue weighted by Crippen LogP contribution is -2.25. The molecule has 0 fully saturated rings. The number of nitrogens with zero attached hydrogens (tertiary/aromatic N) is 1. The van der Waals surface area contributed by atoms with Crippen molar-refractivity contribution in [3.8, 4) is 10.6 Å². The molecule has 0 atom stereocenters. The molecule has 8 heteroatoms. The highest BCUT2D eigenvalue weighted by atomic mass is 32.1. The molecule has 1 heterocycles. The van der Waals surface area contributed by atoms with Crippen LogP contribution in [0.2, 0.25) is 0 Å². The normalized spacial score (nSPS) is 11.5. The van der Waals surface area contributed by atoms with Crippen LogP contribution in [0, 0.1) is 0 Å². The summed E-state index contributed by atoms with van der Waals surface area (Å²) in [6.45, 7) is 2.10. The minimum Gasteiger partial charge on any atom is -0.274 e. The van der Waals surface area contributed by atoms with Crippen LogP contribution in [-0.2, 0) is 22.2 Å². The Hall–Kier alpha value is -1.93. The smallest absolute Gasteiger partial charge is 0.274 e. The molecule has 0 aliphatic rings. The number of benzene rings is 1. The number of carbonyl (C=O) groups excluding carboxylic acids is 1. The van der Waals surface area contributed by atoms with Gasteiger partial charge in [-0.25, -0.2) is 10.5 Å². The minimum absolute atomic E-state index is 0.0527. The van der Waals surface area contributed by atoms with Crippen molar-refractivity contribution in [2.75, 3.05) is 6.61 Å². The molecule has 0 aliphatic heterocycles. The minimum atomic E-state index is -4.36. The number of hydroxylamine groups is 1. The van der Waals surface area contributed by atoms with Crippen LogP contribution in [-0.4, -0.2) is 17.5 Å². The van der Waals surface area contributed by atoms with Crippen LogP contribution in [0.1, 0.15) is 18.2 Å². The number of aromatic nitrogens is 1. The summed E-state index contributed by atoms with van der Waals surface area (Å²) in [4.78, 5) is 20.5. The Labute approximate surface area is 128 Å². The zero-order chi connectivity index (χ0) is 16.2. The molecule has 0 saturated carbocycles. The summed E-state index contributed by atoms with van der Waals surface area (Å²) in [7, 11) is 0. The van der Waals surface area contributed by atoms with E-state index in [-0.39, 0.29) is 12.3 Å². The topological polar surface area (TPSA) is 51.2 Å². The molecule has 1 aromatic carbocycles. The van der Waals surface area contributed by atoms with Crippen molar-refractivity contribution in [1.29, 1.82) is 0 Å². The Balaban J connectivity index is 2.06. The summed E-state index contributed by atoms with van der Waals surface area (Å²) in [6.07, 6.45) is -4.30. The van der Waals surface area contributed by atoms with E-state index in [1.165, 1.54) is 23.5 Å². The lowest BCUT2D eigenvalue weighted by molar-refractivity contribution is -0.137. The van der Waals surface area contributed by atoms with Gasteiger partial charge in [0.25, 0.3) is 0 Å². The highest BCUT2D eigenvalue weighted by Gasteiger charge is 2.30. The third-order valence-corrected chi connectivity index (χ3v) is 3.62. The number of hydrogen-bond acceptors (Lipinski definition) is 4. The quantitative estimate of drug-likeness (QED) is 0.855. The highest BCUT2D eigenvalue weighted by Crippen LogP contribution is 2.31. The third-order valence-electron chi connectivity index (χ3n) is 2.68. The van der Waals surface area contributed by atoms with Gasteiger partial charge in [-0.05, 0) is 19.1 Å². The molecule has 4 nitrogen and oxygen atoms in total. The van der Waals surface area contributed by atoms with E-state index in [4.69, 9.17) is 4.84 Å². The van der Waals surface area contributed by atoms with Crippen LogP contribution >= 0.6 is 11.3 Å². The Morgan fingerprint density at radius 2 is 2.00 bits per heavy atom. The zero-order valence-electron chi connectivity index (χ0n) is 11.6. The molecular weight excluding hydrogens is 317 g/mol. The molecule has 2 rings (SSSR count). The van der Waals surface area contributed by atoms with Crippen LogP contribution in [0.25, 0.3) is 10.6 Å². The molecule has 1 N–H and O–H groups in total. The van der Waals surface area contributed by atoms with Gasteiger partial charge in [0.2, 0.25) is 5.91 Å². The average Bonchev–Trinajstić information content (AvgIpc) is 2.93. The van der Waals surface area contributed by atoms with Crippen molar-refractivity contribution >= 4 is 17.2 Å². The van der Waals surface area contributed by atoms with Gasteiger partial charge in [0.05, 0.1) is 24.3 Å². The Kier molecular flexibility index (Phi) is 5.15. The van der Waals surface area contributed by atoms with E-state index in [1.807, 2.05) is 0 Å². The maximum atomic E-state index is 12.5. The van der Waals surface area contributed by atoms with Crippen LogP contribution in [0.4, 0.5) is 13.2 Å². The molecule has 1 aromatic heterocycles. The van der Waals surface area contributed by atoms with Crippen LogP contribution in [0.5, 0.6) is 0 Å². The molecule has 1 amide bonds. The van der Waals surface area contributed by atoms with E-state index in [0.717, 1.165) is 12.1 Å². The summed E-state index contributed by atoms with van der Waals surface area (Å²) in [5.41, 5.74) is 2.67. The standard InChI is InChI=1S/C14H13F3N2O2S/c1-2-21-19-12(20)7-11-8-22-13(18-11)9-3-5-10(6-4-9)14(15,16)17/h3-6,8H,2,7H2,1H3,(H,19,20). The molecule has 0 spiro atoms. The van der Waals surface area contributed by atoms with Gasteiger partial charge in [-0.3, -0.25) is 9.63 Å². The fourth-order valence-electron chi connectivity index (χ4n) is 1.68. The molecule has 0 unspecified atom stereocenters. The van der Waals surface area contributed by atoms with Gasteiger partial charge < -0.3 is 0 Å². The summed E-state index contributed by atoms with van der Waals surface area (Å²) >= 11 is 1.27. The second kappa shape index (κ2) is 6.89. The van der Waals surface area contributed by atoms with Gasteiger partial charge in [0, 0.05) is 10.9 Å². The molecule has 0 radical (unpaired) electrons. The van der Waals surface area contributed by atoms with Crippen LogP contribution in [0.15, 0.2) is 29.6 Å². The molecule has 22 heavy (non-hydrogen) atoms. The molecule has 0 saturated heterocycles. The SMILES string of the molecule is CCONC(=O)Cc1csc(-c2ccc(C(F)(F)F)cc2)n1. The number of carbonyl (C=O) groups is 1. The number of nitrogens with one attached hydrogen (secondary N) is 1. The first-order valence-electron chi connectivity index (χ1n) is 6.43. The number of amides is 1. The first-order chi connectivity index (χ1) is 10.4. The molecule has 2 aromatic rings. The maximum absolute atomic E-state index is 12.5. The third kappa shape index (κ3) is 4.28. The van der Waals surface area contributed by atoms with Gasteiger partial charge in [-0.1, -0.05) is 12.1 Å². The van der Waals surface area contributed by atoms with E-state index in [0.29, 0.717) is 22.9 Å². The fraction of sp³-hybridized carbons (Fsp3) is 0.286. The van der Waals surface area contributed by atoms with Crippen molar-refractivity contribution in [1.82, 2.24) is 10.5 Å². The van der Waals surface area contributed by atoms with E-state index < -0.39 is 11.7 Å². The van der Waals surface area contributed by atoms with Crippen molar-refractivity contribution in [3.05, 3.63) is 40.9 Å². The second-order valence-corrected chi connectivity index (χ2v) is 5.21. The molecular formula is C14H13F3N2O2S. The van der Waals surface area contributed by atoms with Gasteiger partial charge in [0.15, 0.2) is 0 Å². The number of halogens is 3. The lowest BCUT2D eigenvalue weighted by atomic mass is 10.1. The number of alkyl halides is 3. The predicted octanol–water partition coefficient (Wildman–Crippen LogP) is 3.44. The summed E-state index contributed by atoms with van der Waals surface area (Å²) in [6, 6.07) is 4.76. The van der Waals surface area contributed by atoms with E-state index in [9.17, 15) is 18.0 Å². The molecule has 0 bridgehead atoms. The number of rotatable bonds is 5. The van der Waals surface area contributed by atoms with Crippen LogP contribution < -0.4 is 5.48 Å². The summed E-state index contributed by atoms with van der Waals surface area (Å²) < 4.78 is 37.5. The Morgan fingerprint density at radius 3 is 2.59 bits per heavy atom. The molecule has 118 valence electrons. The maximum Gasteiger partial charge on any atom is 0.416 e. The average molecular weight is 330 g/mol. The highest BCUT2D eigenvalue weighted by molar-refractivity contribution is 7.13. The van der Waals surface area contributed by atoms with Crippen LogP contribution in [0.3, 0.4) is 0 Å². The van der Waals surface area contributed by atoms with Gasteiger partial charge in [-0.2, -0.15) is 13.2 Å². The van der Waals surface area contributed by atoms with E-state index in [2.05, 4.69) is 10.5 Å². The van der Waals surface area contributed by atoms with E-state index in [1.54, 1.807) is 12.3 Å². The van der Waals surface area contributed by atoms with Crippen molar-refractivity contribution in [2.24, 2.45) is 0 Å². The fourth-order valence-corrected chi connectivity index (χ4v) is 2.50. The van der Waals surface area contributed by atoms with Crippen molar-refractivity contribution in [3.63, 3.8) is 0 Å². The van der Waals surface area contributed by atoms with E-state index >= 15 is 0 Å². The first-order valence-corrected chi connectivity index (χ1v) is 7.30. The zero-order valence-corrected chi connectivity index (χ0v) is 12.4. The summed E-state index contributed by atoms with van der Waals surface area (Å²) in [5, 5.41) is 2.26. The Morgan fingerprint density at radius 1 is 1.32 bits per heavy atom. The van der Waals surface area contributed by atoms with Gasteiger partial charge >= 0.3 is 6.18 Å². The van der Waals surface area contributed by atoms with Crippen molar-refractivity contribution in [2.45, 2.75) is 19.5 Å². The number of hydrogen-bond donors (Lipinski definition) is 1. The van der Waals surface area contributed by atoms with Crippen molar-refractivity contribution < 1.29 is 22.8 Å². The lowest BCUT2D eigenvalue weighted by Gasteiger charge is -2.06. The van der Waals surface area contributed by atoms with Gasteiger partial charge in [-0.15, -0.1) is 11.3 Å².